The van der Waals surface area contributed by atoms with Crippen molar-refractivity contribution in [1.82, 2.24) is 14.9 Å². The van der Waals surface area contributed by atoms with Crippen LogP contribution in [0.4, 0.5) is 17.5 Å². The molecule has 1 aromatic heterocycles. The zero-order valence-electron chi connectivity index (χ0n) is 17.0. The zero-order chi connectivity index (χ0) is 20.9. The molecule has 1 saturated carbocycles. The van der Waals surface area contributed by atoms with Crippen LogP contribution in [0.15, 0.2) is 24.4 Å². The molecule has 0 bridgehead atoms. The fourth-order valence-electron chi connectivity index (χ4n) is 3.49. The summed E-state index contributed by atoms with van der Waals surface area (Å²) >= 11 is 6.24. The maximum absolute atomic E-state index is 12.7. The number of hydrogen-bond donors (Lipinski definition) is 2. The lowest BCUT2D eigenvalue weighted by Gasteiger charge is -2.27. The lowest BCUT2D eigenvalue weighted by Crippen LogP contribution is -2.40. The molecular weight excluding hydrogens is 406 g/mol. The number of morpholine rings is 1. The van der Waals surface area contributed by atoms with Crippen molar-refractivity contribution in [2.75, 3.05) is 50.6 Å². The third kappa shape index (κ3) is 4.76. The molecule has 2 N–H and O–H groups in total. The number of nitrogens with zero attached hydrogens (tertiary/aromatic N) is 3. The van der Waals surface area contributed by atoms with Crippen LogP contribution >= 0.6 is 11.6 Å². The number of aromatic nitrogens is 2. The van der Waals surface area contributed by atoms with Crippen molar-refractivity contribution in [2.24, 2.45) is 5.92 Å². The lowest BCUT2D eigenvalue weighted by molar-refractivity contribution is 0.0302. The summed E-state index contributed by atoms with van der Waals surface area (Å²) in [6.07, 6.45) is 5.35. The number of benzene rings is 1. The first-order chi connectivity index (χ1) is 14.6. The molecule has 1 aliphatic heterocycles. The predicted molar refractivity (Wildman–Crippen MR) is 116 cm³/mol. The number of amides is 1. The average Bonchev–Trinajstić information content (AvgIpc) is 2.75. The standard InChI is InChI=1S/C21H26ClN5O3/c1-29-18-11-15(20(28)27-7-9-30-10-8-27)5-6-17(18)25-21-24-13-16(22)19(26-21)23-12-14-3-2-4-14/h5-6,11,13-14H,2-4,7-10,12H2,1H3,(H2,23,24,25,26). The maximum Gasteiger partial charge on any atom is 0.254 e. The van der Waals surface area contributed by atoms with E-state index in [4.69, 9.17) is 21.1 Å². The van der Waals surface area contributed by atoms with Crippen LogP contribution in [0.2, 0.25) is 5.02 Å². The second-order valence-electron chi connectivity index (χ2n) is 7.51. The van der Waals surface area contributed by atoms with Gasteiger partial charge in [-0.1, -0.05) is 18.0 Å². The van der Waals surface area contributed by atoms with E-state index >= 15 is 0 Å². The molecule has 1 aliphatic carbocycles. The van der Waals surface area contributed by atoms with Crippen molar-refractivity contribution in [3.63, 3.8) is 0 Å². The highest BCUT2D eigenvalue weighted by Crippen LogP contribution is 2.30. The molecule has 9 heteroatoms. The number of halogens is 1. The van der Waals surface area contributed by atoms with Gasteiger partial charge in [0.15, 0.2) is 5.82 Å². The zero-order valence-corrected chi connectivity index (χ0v) is 17.7. The van der Waals surface area contributed by atoms with Crippen molar-refractivity contribution >= 4 is 35.0 Å². The summed E-state index contributed by atoms with van der Waals surface area (Å²) in [5, 5.41) is 6.96. The number of nitrogens with one attached hydrogen (secondary N) is 2. The van der Waals surface area contributed by atoms with E-state index in [0.29, 0.717) is 66.0 Å². The Labute approximate surface area is 180 Å². The Morgan fingerprint density at radius 2 is 2.13 bits per heavy atom. The Morgan fingerprint density at radius 3 is 2.83 bits per heavy atom. The number of carbonyl (C=O) groups excluding carboxylic acids is 1. The molecule has 2 aliphatic rings. The van der Waals surface area contributed by atoms with Gasteiger partial charge in [0.05, 0.1) is 32.2 Å². The van der Waals surface area contributed by atoms with Gasteiger partial charge in [0.25, 0.3) is 5.91 Å². The van der Waals surface area contributed by atoms with Crippen LogP contribution in [-0.2, 0) is 4.74 Å². The van der Waals surface area contributed by atoms with E-state index in [-0.39, 0.29) is 5.91 Å². The van der Waals surface area contributed by atoms with Crippen molar-refractivity contribution in [2.45, 2.75) is 19.3 Å². The molecular formula is C21H26ClN5O3. The molecule has 2 aromatic rings. The first-order valence-corrected chi connectivity index (χ1v) is 10.6. The summed E-state index contributed by atoms with van der Waals surface area (Å²) in [4.78, 5) is 23.3. The summed E-state index contributed by atoms with van der Waals surface area (Å²) in [5.41, 5.74) is 1.24. The molecule has 4 rings (SSSR count). The van der Waals surface area contributed by atoms with E-state index < -0.39 is 0 Å². The molecule has 30 heavy (non-hydrogen) atoms. The van der Waals surface area contributed by atoms with Crippen LogP contribution in [0.5, 0.6) is 5.75 Å². The minimum Gasteiger partial charge on any atom is -0.495 e. The van der Waals surface area contributed by atoms with Crippen molar-refractivity contribution in [3.8, 4) is 5.75 Å². The Kier molecular flexibility index (Phi) is 6.54. The lowest BCUT2D eigenvalue weighted by atomic mass is 9.85. The van der Waals surface area contributed by atoms with Crippen molar-refractivity contribution in [1.29, 1.82) is 0 Å². The van der Waals surface area contributed by atoms with Gasteiger partial charge in [-0.3, -0.25) is 4.79 Å². The Balaban J connectivity index is 1.47. The van der Waals surface area contributed by atoms with E-state index in [1.165, 1.54) is 19.3 Å². The number of ether oxygens (including phenoxy) is 2. The van der Waals surface area contributed by atoms with Gasteiger partial charge >= 0.3 is 0 Å². The average molecular weight is 432 g/mol. The number of hydrogen-bond acceptors (Lipinski definition) is 7. The Morgan fingerprint density at radius 1 is 1.33 bits per heavy atom. The normalized spacial score (nSPS) is 16.7. The molecule has 0 atom stereocenters. The van der Waals surface area contributed by atoms with Gasteiger partial charge in [-0.2, -0.15) is 4.98 Å². The van der Waals surface area contributed by atoms with Crippen LogP contribution in [0.25, 0.3) is 0 Å². The molecule has 2 fully saturated rings. The third-order valence-corrected chi connectivity index (χ3v) is 5.80. The summed E-state index contributed by atoms with van der Waals surface area (Å²) in [7, 11) is 1.57. The van der Waals surface area contributed by atoms with E-state index in [1.54, 1.807) is 36.4 Å². The summed E-state index contributed by atoms with van der Waals surface area (Å²) in [6, 6.07) is 5.30. The van der Waals surface area contributed by atoms with Crippen molar-refractivity contribution in [3.05, 3.63) is 35.0 Å². The van der Waals surface area contributed by atoms with E-state index in [9.17, 15) is 4.79 Å². The molecule has 160 valence electrons. The minimum atomic E-state index is -0.0339. The van der Waals surface area contributed by atoms with Crippen molar-refractivity contribution < 1.29 is 14.3 Å². The molecule has 1 amide bonds. The van der Waals surface area contributed by atoms with Gasteiger partial charge in [0.1, 0.15) is 10.8 Å². The Hall–Kier alpha value is -2.58. The van der Waals surface area contributed by atoms with Gasteiger partial charge in [0.2, 0.25) is 5.95 Å². The topological polar surface area (TPSA) is 88.6 Å². The van der Waals surface area contributed by atoms with Crippen LogP contribution in [0, 0.1) is 5.92 Å². The maximum atomic E-state index is 12.7. The van der Waals surface area contributed by atoms with Gasteiger partial charge in [-0.05, 0) is 37.0 Å². The minimum absolute atomic E-state index is 0.0339. The van der Waals surface area contributed by atoms with Gasteiger partial charge in [-0.15, -0.1) is 0 Å². The molecule has 8 nitrogen and oxygen atoms in total. The SMILES string of the molecule is COc1cc(C(=O)N2CCOCC2)ccc1Nc1ncc(Cl)c(NCC2CCC2)n1. The van der Waals surface area contributed by atoms with Crippen LogP contribution in [0.1, 0.15) is 29.6 Å². The highest BCUT2D eigenvalue weighted by atomic mass is 35.5. The fraction of sp³-hybridized carbons (Fsp3) is 0.476. The molecule has 1 aromatic carbocycles. The van der Waals surface area contributed by atoms with Crippen LogP contribution in [0.3, 0.4) is 0 Å². The molecule has 2 heterocycles. The number of carbonyl (C=O) groups is 1. The monoisotopic (exact) mass is 431 g/mol. The summed E-state index contributed by atoms with van der Waals surface area (Å²) in [5.74, 6) is 2.20. The number of methoxy groups -OCH3 is 1. The Bertz CT molecular complexity index is 900. The summed E-state index contributed by atoms with van der Waals surface area (Å²) < 4.78 is 10.8. The third-order valence-electron chi connectivity index (χ3n) is 5.52. The molecule has 0 unspecified atom stereocenters. The second-order valence-corrected chi connectivity index (χ2v) is 7.92. The van der Waals surface area contributed by atoms with E-state index in [0.717, 1.165) is 6.54 Å². The first kappa shape index (κ1) is 20.7. The molecule has 0 spiro atoms. The van der Waals surface area contributed by atoms with Gasteiger partial charge in [0, 0.05) is 25.2 Å². The number of rotatable bonds is 7. The first-order valence-electron chi connectivity index (χ1n) is 10.2. The summed E-state index contributed by atoms with van der Waals surface area (Å²) in [6.45, 7) is 3.17. The number of anilines is 3. The van der Waals surface area contributed by atoms with Crippen LogP contribution in [-0.4, -0.2) is 60.7 Å². The van der Waals surface area contributed by atoms with Gasteiger partial charge in [-0.25, -0.2) is 4.98 Å². The molecule has 1 saturated heterocycles. The second kappa shape index (κ2) is 9.49. The highest BCUT2D eigenvalue weighted by Gasteiger charge is 2.20. The largest absolute Gasteiger partial charge is 0.495 e. The quantitative estimate of drug-likeness (QED) is 0.692. The van der Waals surface area contributed by atoms with E-state index in [2.05, 4.69) is 20.6 Å². The predicted octanol–water partition coefficient (Wildman–Crippen LogP) is 3.57. The van der Waals surface area contributed by atoms with Crippen LogP contribution < -0.4 is 15.4 Å². The van der Waals surface area contributed by atoms with E-state index in [1.807, 2.05) is 0 Å². The fourth-order valence-corrected chi connectivity index (χ4v) is 3.64. The highest BCUT2D eigenvalue weighted by molar-refractivity contribution is 6.32. The smallest absolute Gasteiger partial charge is 0.254 e. The van der Waals surface area contributed by atoms with Gasteiger partial charge < -0.3 is 25.0 Å². The molecule has 0 radical (unpaired) electrons.